The van der Waals surface area contributed by atoms with Crippen molar-refractivity contribution in [1.82, 2.24) is 16.2 Å². The highest BCUT2D eigenvalue weighted by Gasteiger charge is 2.11. The van der Waals surface area contributed by atoms with Gasteiger partial charge in [0.05, 0.1) is 6.61 Å². The third-order valence-electron chi connectivity index (χ3n) is 3.48. The van der Waals surface area contributed by atoms with Crippen LogP contribution in [0.4, 0.5) is 0 Å². The van der Waals surface area contributed by atoms with Gasteiger partial charge in [-0.2, -0.15) is 0 Å². The molecule has 0 atom stereocenters. The summed E-state index contributed by atoms with van der Waals surface area (Å²) in [5.74, 6) is 0.255. The van der Waals surface area contributed by atoms with Gasteiger partial charge in [-0.25, -0.2) is 0 Å². The van der Waals surface area contributed by atoms with Gasteiger partial charge in [-0.15, -0.1) is 0 Å². The summed E-state index contributed by atoms with van der Waals surface area (Å²) in [6.07, 6.45) is 0. The lowest BCUT2D eigenvalue weighted by atomic mass is 10.1. The number of aryl methyl sites for hydroxylation is 1. The van der Waals surface area contributed by atoms with Crippen LogP contribution in [-0.2, 0) is 0 Å². The largest absolute Gasteiger partial charge is 0.493 e. The molecule has 0 saturated heterocycles. The molecule has 6 nitrogen and oxygen atoms in total. The third-order valence-corrected chi connectivity index (χ3v) is 3.68. The molecule has 0 spiro atoms. The molecule has 2 aromatic rings. The van der Waals surface area contributed by atoms with Gasteiger partial charge < -0.3 is 4.74 Å². The van der Waals surface area contributed by atoms with Gasteiger partial charge in [0.15, 0.2) is 5.11 Å². The second-order valence-electron chi connectivity index (χ2n) is 6.46. The van der Waals surface area contributed by atoms with Crippen molar-refractivity contribution in [3.05, 3.63) is 65.2 Å². The van der Waals surface area contributed by atoms with Crippen LogP contribution in [0.3, 0.4) is 0 Å². The molecule has 27 heavy (non-hydrogen) atoms. The van der Waals surface area contributed by atoms with Crippen molar-refractivity contribution in [2.24, 2.45) is 5.92 Å². The Kier molecular flexibility index (Phi) is 7.31. The number of ether oxygens (including phenoxy) is 1. The van der Waals surface area contributed by atoms with E-state index in [1.54, 1.807) is 42.5 Å². The molecule has 0 unspecified atom stereocenters. The molecule has 0 bridgehead atoms. The van der Waals surface area contributed by atoms with Gasteiger partial charge in [0.1, 0.15) is 5.75 Å². The van der Waals surface area contributed by atoms with E-state index in [0.717, 1.165) is 5.56 Å². The smallest absolute Gasteiger partial charge is 0.269 e. The van der Waals surface area contributed by atoms with Gasteiger partial charge in [0, 0.05) is 11.1 Å². The monoisotopic (exact) mass is 385 g/mol. The summed E-state index contributed by atoms with van der Waals surface area (Å²) in [6, 6.07) is 14.0. The molecule has 0 heterocycles. The van der Waals surface area contributed by atoms with Gasteiger partial charge in [-0.1, -0.05) is 37.6 Å². The van der Waals surface area contributed by atoms with Crippen molar-refractivity contribution in [2.45, 2.75) is 20.8 Å². The summed E-state index contributed by atoms with van der Waals surface area (Å²) in [7, 11) is 0. The Morgan fingerprint density at radius 1 is 1.00 bits per heavy atom. The van der Waals surface area contributed by atoms with E-state index in [1.165, 1.54) is 0 Å². The van der Waals surface area contributed by atoms with Crippen LogP contribution in [-0.4, -0.2) is 23.5 Å². The summed E-state index contributed by atoms with van der Waals surface area (Å²) in [6.45, 7) is 6.56. The highest BCUT2D eigenvalue weighted by atomic mass is 32.1. The molecule has 2 aromatic carbocycles. The minimum atomic E-state index is -0.396. The topological polar surface area (TPSA) is 79.5 Å². The normalized spacial score (nSPS) is 10.2. The number of amides is 2. The van der Waals surface area contributed by atoms with Crippen LogP contribution in [0.5, 0.6) is 5.75 Å². The van der Waals surface area contributed by atoms with E-state index in [9.17, 15) is 9.59 Å². The molecule has 0 saturated carbocycles. The second-order valence-corrected chi connectivity index (χ2v) is 6.87. The Bertz CT molecular complexity index is 837. The van der Waals surface area contributed by atoms with Gasteiger partial charge in [-0.3, -0.25) is 25.8 Å². The maximum atomic E-state index is 12.3. The van der Waals surface area contributed by atoms with E-state index in [0.29, 0.717) is 29.4 Å². The fraction of sp³-hybridized carbons (Fsp3) is 0.250. The number of benzene rings is 2. The standard InChI is InChI=1S/C20H23N3O3S/c1-13(2)12-26-17-9-5-8-16(11-17)18(24)21-20(27)23-22-19(25)15-7-4-6-14(3)10-15/h4-11,13H,12H2,1-3H3,(H,22,25)(H2,21,23,24,27). The molecule has 0 radical (unpaired) electrons. The predicted octanol–water partition coefficient (Wildman–Crippen LogP) is 2.98. The number of rotatable bonds is 5. The molecule has 2 amide bonds. The van der Waals surface area contributed by atoms with Crippen LogP contribution in [0.1, 0.15) is 40.1 Å². The zero-order valence-corrected chi connectivity index (χ0v) is 16.4. The maximum absolute atomic E-state index is 12.3. The molecule has 0 aliphatic heterocycles. The maximum Gasteiger partial charge on any atom is 0.269 e. The molecule has 2 rings (SSSR count). The van der Waals surface area contributed by atoms with E-state index in [-0.39, 0.29) is 11.0 Å². The number of carbonyl (C=O) groups excluding carboxylic acids is 2. The zero-order valence-electron chi connectivity index (χ0n) is 15.5. The molecule has 0 aromatic heterocycles. The van der Waals surface area contributed by atoms with Crippen LogP contribution in [0.25, 0.3) is 0 Å². The van der Waals surface area contributed by atoms with E-state index in [4.69, 9.17) is 17.0 Å². The minimum absolute atomic E-state index is 0.00509. The first-order valence-electron chi connectivity index (χ1n) is 8.56. The third kappa shape index (κ3) is 6.71. The number of carbonyl (C=O) groups is 2. The van der Waals surface area contributed by atoms with Gasteiger partial charge in [0.25, 0.3) is 11.8 Å². The van der Waals surface area contributed by atoms with Gasteiger partial charge in [-0.05, 0) is 55.4 Å². The Morgan fingerprint density at radius 3 is 2.33 bits per heavy atom. The van der Waals surface area contributed by atoms with Crippen molar-refractivity contribution < 1.29 is 14.3 Å². The molecule has 0 aliphatic carbocycles. The lowest BCUT2D eigenvalue weighted by Gasteiger charge is -2.12. The molecule has 0 aliphatic rings. The van der Waals surface area contributed by atoms with E-state index in [1.807, 2.05) is 26.8 Å². The van der Waals surface area contributed by atoms with E-state index in [2.05, 4.69) is 16.2 Å². The molecule has 142 valence electrons. The van der Waals surface area contributed by atoms with Crippen LogP contribution in [0, 0.1) is 12.8 Å². The number of hydrogen-bond donors (Lipinski definition) is 3. The first-order valence-corrected chi connectivity index (χ1v) is 8.97. The second kappa shape index (κ2) is 9.68. The molecule has 7 heteroatoms. The lowest BCUT2D eigenvalue weighted by Crippen LogP contribution is -2.48. The summed E-state index contributed by atoms with van der Waals surface area (Å²) in [5, 5.41) is 2.51. The summed E-state index contributed by atoms with van der Waals surface area (Å²) in [4.78, 5) is 24.4. The number of hydrazine groups is 1. The first kappa shape index (κ1) is 20.4. The number of thiocarbonyl (C=S) groups is 1. The Morgan fingerprint density at radius 2 is 1.67 bits per heavy atom. The van der Waals surface area contributed by atoms with Gasteiger partial charge in [0.2, 0.25) is 0 Å². The summed E-state index contributed by atoms with van der Waals surface area (Å²) >= 11 is 5.05. The Labute approximate surface area is 164 Å². The quantitative estimate of drug-likeness (QED) is 0.545. The summed E-state index contributed by atoms with van der Waals surface area (Å²) in [5.41, 5.74) is 6.85. The molecule has 3 N–H and O–H groups in total. The average Bonchev–Trinajstić information content (AvgIpc) is 2.64. The minimum Gasteiger partial charge on any atom is -0.493 e. The van der Waals surface area contributed by atoms with Gasteiger partial charge >= 0.3 is 0 Å². The fourth-order valence-corrected chi connectivity index (χ4v) is 2.31. The Balaban J connectivity index is 1.87. The SMILES string of the molecule is Cc1cccc(C(=O)NNC(=S)NC(=O)c2cccc(OCC(C)C)c2)c1. The predicted molar refractivity (Wildman–Crippen MR) is 109 cm³/mol. The number of nitrogens with one attached hydrogen (secondary N) is 3. The van der Waals surface area contributed by atoms with Crippen LogP contribution in [0.2, 0.25) is 0 Å². The summed E-state index contributed by atoms with van der Waals surface area (Å²) < 4.78 is 5.62. The fourth-order valence-electron chi connectivity index (χ4n) is 2.17. The van der Waals surface area contributed by atoms with Crippen molar-refractivity contribution in [3.8, 4) is 5.75 Å². The Hall–Kier alpha value is -2.93. The van der Waals surface area contributed by atoms with Crippen molar-refractivity contribution in [2.75, 3.05) is 6.61 Å². The van der Waals surface area contributed by atoms with Crippen molar-refractivity contribution in [3.63, 3.8) is 0 Å². The number of hydrogen-bond acceptors (Lipinski definition) is 4. The van der Waals surface area contributed by atoms with E-state index >= 15 is 0 Å². The van der Waals surface area contributed by atoms with Crippen LogP contribution in [0.15, 0.2) is 48.5 Å². The average molecular weight is 385 g/mol. The van der Waals surface area contributed by atoms with Crippen molar-refractivity contribution >= 4 is 29.1 Å². The van der Waals surface area contributed by atoms with Crippen LogP contribution >= 0.6 is 12.2 Å². The zero-order chi connectivity index (χ0) is 19.8. The lowest BCUT2D eigenvalue weighted by molar-refractivity contribution is 0.0934. The highest BCUT2D eigenvalue weighted by molar-refractivity contribution is 7.80. The van der Waals surface area contributed by atoms with E-state index < -0.39 is 5.91 Å². The van der Waals surface area contributed by atoms with Crippen LogP contribution < -0.4 is 20.9 Å². The first-order chi connectivity index (χ1) is 12.8. The molecular weight excluding hydrogens is 362 g/mol. The highest BCUT2D eigenvalue weighted by Crippen LogP contribution is 2.14. The molecule has 0 fully saturated rings. The molecular formula is C20H23N3O3S. The van der Waals surface area contributed by atoms with Crippen molar-refractivity contribution in [1.29, 1.82) is 0 Å².